The van der Waals surface area contributed by atoms with Crippen LogP contribution in [0.25, 0.3) is 10.2 Å². The lowest BCUT2D eigenvalue weighted by Crippen LogP contribution is -2.56. The molecule has 0 unspecified atom stereocenters. The smallest absolute Gasteiger partial charge is 0.308 e. The van der Waals surface area contributed by atoms with E-state index in [9.17, 15) is 9.59 Å². The van der Waals surface area contributed by atoms with Crippen LogP contribution in [-0.2, 0) is 14.3 Å². The summed E-state index contributed by atoms with van der Waals surface area (Å²) in [6.07, 6.45) is 1.48. The highest BCUT2D eigenvalue weighted by atomic mass is 32.1. The van der Waals surface area contributed by atoms with Gasteiger partial charge in [-0.1, -0.05) is 0 Å². The number of carbonyl (C=O) groups excluding carboxylic acids is 2. The Morgan fingerprint density at radius 3 is 3.24 bits per heavy atom. The molecule has 1 aliphatic heterocycles. The summed E-state index contributed by atoms with van der Waals surface area (Å²) in [5.41, 5.74) is 0. The highest BCUT2D eigenvalue weighted by Gasteiger charge is 2.33. The second-order valence-corrected chi connectivity index (χ2v) is 5.51. The summed E-state index contributed by atoms with van der Waals surface area (Å²) >= 11 is 1.52. The summed E-state index contributed by atoms with van der Waals surface area (Å²) < 4.78 is 4.68. The molecule has 2 aromatic rings. The lowest BCUT2D eigenvalue weighted by molar-refractivity contribution is -0.143. The van der Waals surface area contributed by atoms with Gasteiger partial charge in [0.05, 0.1) is 18.9 Å². The zero-order valence-electron chi connectivity index (χ0n) is 11.4. The van der Waals surface area contributed by atoms with Crippen molar-refractivity contribution in [3.05, 3.63) is 17.8 Å². The van der Waals surface area contributed by atoms with Crippen LogP contribution in [0.2, 0.25) is 0 Å². The minimum absolute atomic E-state index is 0.00202. The number of fused-ring (bicyclic) bond motifs is 1. The van der Waals surface area contributed by atoms with E-state index in [0.717, 1.165) is 10.2 Å². The topological polar surface area (TPSA) is 84.4 Å². The van der Waals surface area contributed by atoms with Crippen LogP contribution in [0.5, 0.6) is 0 Å². The summed E-state index contributed by atoms with van der Waals surface area (Å²) in [5.74, 6) is 0.0799. The fourth-order valence-corrected chi connectivity index (χ4v) is 3.15. The minimum Gasteiger partial charge on any atom is -0.469 e. The van der Waals surface area contributed by atoms with Crippen molar-refractivity contribution >= 4 is 39.2 Å². The van der Waals surface area contributed by atoms with E-state index >= 15 is 0 Å². The third-order valence-corrected chi connectivity index (χ3v) is 4.25. The molecular weight excluding hydrogens is 292 g/mol. The number of piperazine rings is 1. The normalized spacial score (nSPS) is 18.6. The zero-order valence-corrected chi connectivity index (χ0v) is 12.2. The highest BCUT2D eigenvalue weighted by molar-refractivity contribution is 7.16. The van der Waals surface area contributed by atoms with Crippen LogP contribution in [0.1, 0.15) is 6.42 Å². The molecule has 110 valence electrons. The molecule has 21 heavy (non-hydrogen) atoms. The number of aromatic nitrogens is 2. The summed E-state index contributed by atoms with van der Waals surface area (Å²) in [7, 11) is 1.31. The number of hydrogen-bond donors (Lipinski definition) is 1. The van der Waals surface area contributed by atoms with Gasteiger partial charge in [0.15, 0.2) is 0 Å². The van der Waals surface area contributed by atoms with Crippen molar-refractivity contribution in [2.45, 2.75) is 12.5 Å². The lowest BCUT2D eigenvalue weighted by atomic mass is 10.1. The molecule has 2 aromatic heterocycles. The quantitative estimate of drug-likeness (QED) is 0.834. The van der Waals surface area contributed by atoms with Crippen LogP contribution in [0.3, 0.4) is 0 Å². The number of methoxy groups -OCH3 is 1. The Kier molecular flexibility index (Phi) is 3.70. The van der Waals surface area contributed by atoms with Crippen molar-refractivity contribution < 1.29 is 14.3 Å². The molecule has 1 amide bonds. The number of carbonyl (C=O) groups is 2. The number of nitrogens with zero attached hydrogens (tertiary/aromatic N) is 3. The van der Waals surface area contributed by atoms with Gasteiger partial charge in [-0.05, 0) is 11.4 Å². The van der Waals surface area contributed by atoms with Gasteiger partial charge in [-0.15, -0.1) is 11.3 Å². The molecule has 8 heteroatoms. The maximum atomic E-state index is 12.1. The number of nitrogens with one attached hydrogen (secondary N) is 1. The first-order valence-corrected chi connectivity index (χ1v) is 7.38. The van der Waals surface area contributed by atoms with E-state index in [1.807, 2.05) is 16.3 Å². The van der Waals surface area contributed by atoms with Crippen molar-refractivity contribution in [1.29, 1.82) is 0 Å². The average molecular weight is 306 g/mol. The zero-order chi connectivity index (χ0) is 14.8. The molecule has 0 spiro atoms. The van der Waals surface area contributed by atoms with E-state index in [-0.39, 0.29) is 12.3 Å². The van der Waals surface area contributed by atoms with Crippen LogP contribution in [0.15, 0.2) is 17.8 Å². The molecule has 0 saturated carbocycles. The van der Waals surface area contributed by atoms with Gasteiger partial charge in [-0.3, -0.25) is 9.59 Å². The molecular formula is C13H14N4O3S. The van der Waals surface area contributed by atoms with Crippen molar-refractivity contribution in [2.75, 3.05) is 25.1 Å². The Labute approximate surface area is 124 Å². The van der Waals surface area contributed by atoms with Gasteiger partial charge in [-0.2, -0.15) is 0 Å². The maximum absolute atomic E-state index is 12.1. The van der Waals surface area contributed by atoms with E-state index in [0.29, 0.717) is 18.9 Å². The second-order valence-electron chi connectivity index (χ2n) is 4.62. The largest absolute Gasteiger partial charge is 0.469 e. The Morgan fingerprint density at radius 1 is 1.57 bits per heavy atom. The molecule has 1 saturated heterocycles. The first kappa shape index (κ1) is 13.7. The molecule has 0 bridgehead atoms. The van der Waals surface area contributed by atoms with Crippen LogP contribution in [0.4, 0.5) is 5.82 Å². The van der Waals surface area contributed by atoms with Crippen molar-refractivity contribution in [2.24, 2.45) is 0 Å². The first-order valence-electron chi connectivity index (χ1n) is 6.50. The van der Waals surface area contributed by atoms with Gasteiger partial charge in [0.1, 0.15) is 23.0 Å². The Morgan fingerprint density at radius 2 is 2.43 bits per heavy atom. The Balaban J connectivity index is 1.99. The molecule has 1 N–H and O–H groups in total. The molecule has 3 heterocycles. The van der Waals surface area contributed by atoms with Gasteiger partial charge < -0.3 is 15.0 Å². The molecule has 1 aliphatic rings. The van der Waals surface area contributed by atoms with Crippen LogP contribution in [0, 0.1) is 0 Å². The van der Waals surface area contributed by atoms with Crippen LogP contribution < -0.4 is 10.2 Å². The predicted molar refractivity (Wildman–Crippen MR) is 78.2 cm³/mol. The van der Waals surface area contributed by atoms with Gasteiger partial charge >= 0.3 is 5.97 Å². The summed E-state index contributed by atoms with van der Waals surface area (Å²) in [5, 5.41) is 5.60. The fraction of sp³-hybridized carbons (Fsp3) is 0.385. The van der Waals surface area contributed by atoms with Crippen LogP contribution >= 0.6 is 11.3 Å². The average Bonchev–Trinajstić information content (AvgIpc) is 2.97. The number of rotatable bonds is 3. The number of thiophene rings is 1. The monoisotopic (exact) mass is 306 g/mol. The van der Waals surface area contributed by atoms with Gasteiger partial charge in [-0.25, -0.2) is 9.97 Å². The number of amides is 1. The van der Waals surface area contributed by atoms with Crippen LogP contribution in [-0.4, -0.2) is 48.1 Å². The van der Waals surface area contributed by atoms with Crippen molar-refractivity contribution in [1.82, 2.24) is 15.3 Å². The van der Waals surface area contributed by atoms with Gasteiger partial charge in [0, 0.05) is 13.1 Å². The maximum Gasteiger partial charge on any atom is 0.308 e. The van der Waals surface area contributed by atoms with E-state index in [1.165, 1.54) is 24.8 Å². The first-order chi connectivity index (χ1) is 10.2. The molecule has 1 fully saturated rings. The summed E-state index contributed by atoms with van der Waals surface area (Å²) in [6, 6.07) is 1.32. The molecule has 0 radical (unpaired) electrons. The van der Waals surface area contributed by atoms with Gasteiger partial charge in [0.2, 0.25) is 5.91 Å². The number of hydrogen-bond acceptors (Lipinski definition) is 7. The van der Waals surface area contributed by atoms with Crippen molar-refractivity contribution in [3.8, 4) is 0 Å². The predicted octanol–water partition coefficient (Wildman–Crippen LogP) is 0.559. The van der Waals surface area contributed by atoms with E-state index in [1.54, 1.807) is 0 Å². The number of anilines is 1. The Bertz CT molecular complexity index is 687. The molecule has 0 aliphatic carbocycles. The summed E-state index contributed by atoms with van der Waals surface area (Å²) in [6.45, 7) is 1.11. The van der Waals surface area contributed by atoms with E-state index < -0.39 is 12.0 Å². The lowest BCUT2D eigenvalue weighted by Gasteiger charge is -2.35. The van der Waals surface area contributed by atoms with E-state index in [2.05, 4.69) is 20.0 Å². The third-order valence-electron chi connectivity index (χ3n) is 3.43. The number of ether oxygens (including phenoxy) is 1. The third kappa shape index (κ3) is 2.54. The van der Waals surface area contributed by atoms with Gasteiger partial charge in [0.25, 0.3) is 0 Å². The second kappa shape index (κ2) is 5.65. The molecule has 3 rings (SSSR count). The van der Waals surface area contributed by atoms with E-state index in [4.69, 9.17) is 0 Å². The highest BCUT2D eigenvalue weighted by Crippen LogP contribution is 2.29. The molecule has 7 nitrogen and oxygen atoms in total. The molecule has 0 aromatic carbocycles. The number of esters is 1. The SMILES string of the molecule is COC(=O)C[C@@H]1C(=O)NCCN1c1ncnc2sccc12. The minimum atomic E-state index is -0.607. The standard InChI is InChI=1S/C13H14N4O3S/c1-20-10(18)6-9-12(19)14-3-4-17(9)11-8-2-5-21-13(8)16-7-15-11/h2,5,7,9H,3-4,6H2,1H3,(H,14,19)/t9-/m1/s1. The Hall–Kier alpha value is -2.22. The molecule has 1 atom stereocenters. The summed E-state index contributed by atoms with van der Waals surface area (Å²) in [4.78, 5) is 34.9. The van der Waals surface area contributed by atoms with Crippen molar-refractivity contribution in [3.63, 3.8) is 0 Å². The fourth-order valence-electron chi connectivity index (χ4n) is 2.42.